The summed E-state index contributed by atoms with van der Waals surface area (Å²) in [7, 11) is -2.13. The maximum atomic E-state index is 12.5. The minimum atomic E-state index is -3.62. The van der Waals surface area contributed by atoms with E-state index in [0.717, 1.165) is 5.76 Å². The van der Waals surface area contributed by atoms with Crippen molar-refractivity contribution in [2.45, 2.75) is 25.0 Å². The van der Waals surface area contributed by atoms with Crippen LogP contribution in [-0.4, -0.2) is 24.9 Å². The quantitative estimate of drug-likeness (QED) is 0.866. The second-order valence-electron chi connectivity index (χ2n) is 4.28. The zero-order valence-corrected chi connectivity index (χ0v) is 14.2. The van der Waals surface area contributed by atoms with Crippen molar-refractivity contribution in [1.82, 2.24) is 4.31 Å². The van der Waals surface area contributed by atoms with Gasteiger partial charge in [-0.25, -0.2) is 8.42 Å². The molecular weight excluding hydrogens is 366 g/mol. The van der Waals surface area contributed by atoms with Crippen LogP contribution >= 0.6 is 27.3 Å². The Balaban J connectivity index is 2.26. The summed E-state index contributed by atoms with van der Waals surface area (Å²) in [6.45, 7) is 1.79. The lowest BCUT2D eigenvalue weighted by Gasteiger charge is -2.15. The Labute approximate surface area is 130 Å². The number of rotatable bonds is 5. The van der Waals surface area contributed by atoms with Gasteiger partial charge in [0.05, 0.1) is 16.9 Å². The molecule has 0 radical (unpaired) electrons. The topological polar surface area (TPSA) is 70.8 Å². The van der Waals surface area contributed by atoms with Crippen molar-refractivity contribution in [1.29, 1.82) is 0 Å². The number of halogens is 1. The number of sulfonamides is 1. The van der Waals surface area contributed by atoms with Gasteiger partial charge in [0, 0.05) is 11.9 Å². The molecule has 2 aromatic heterocycles. The second-order valence-corrected chi connectivity index (χ2v) is 8.75. The highest BCUT2D eigenvalue weighted by Gasteiger charge is 2.26. The van der Waals surface area contributed by atoms with Crippen molar-refractivity contribution in [3.05, 3.63) is 38.4 Å². The Morgan fingerprint density at radius 1 is 1.45 bits per heavy atom. The van der Waals surface area contributed by atoms with Crippen molar-refractivity contribution >= 4 is 37.3 Å². The average Bonchev–Trinajstić information content (AvgIpc) is 2.95. The lowest BCUT2D eigenvalue weighted by atomic mass is 10.4. The molecule has 110 valence electrons. The van der Waals surface area contributed by atoms with Gasteiger partial charge in [-0.05, 0) is 41.1 Å². The normalized spacial score (nSPS) is 12.2. The molecule has 5 nitrogen and oxygen atoms in total. The van der Waals surface area contributed by atoms with E-state index in [0.29, 0.717) is 14.4 Å². The van der Waals surface area contributed by atoms with Gasteiger partial charge < -0.3 is 9.52 Å². The Kier molecular flexibility index (Phi) is 4.70. The first-order valence-electron chi connectivity index (χ1n) is 5.75. The Morgan fingerprint density at radius 2 is 2.15 bits per heavy atom. The molecule has 0 amide bonds. The van der Waals surface area contributed by atoms with Gasteiger partial charge in [-0.1, -0.05) is 0 Å². The van der Waals surface area contributed by atoms with Crippen LogP contribution in [0.15, 0.2) is 31.3 Å². The Hall–Kier alpha value is -0.670. The lowest BCUT2D eigenvalue weighted by Crippen LogP contribution is -2.26. The zero-order chi connectivity index (χ0) is 14.9. The predicted octanol–water partition coefficient (Wildman–Crippen LogP) is 2.73. The summed E-state index contributed by atoms with van der Waals surface area (Å²) in [5.74, 6) is 1.33. The molecule has 0 saturated heterocycles. The third-order valence-corrected chi connectivity index (χ3v) is 6.77. The average molecular weight is 380 g/mol. The van der Waals surface area contributed by atoms with E-state index in [4.69, 9.17) is 9.52 Å². The molecule has 8 heteroatoms. The highest BCUT2D eigenvalue weighted by Crippen LogP contribution is 2.33. The van der Waals surface area contributed by atoms with Gasteiger partial charge in [-0.2, -0.15) is 4.31 Å². The minimum Gasteiger partial charge on any atom is -0.465 e. The number of furan rings is 1. The van der Waals surface area contributed by atoms with E-state index in [1.807, 2.05) is 0 Å². The van der Waals surface area contributed by atoms with Crippen molar-refractivity contribution in [3.63, 3.8) is 0 Å². The van der Waals surface area contributed by atoms with E-state index in [1.165, 1.54) is 28.8 Å². The molecule has 0 fully saturated rings. The maximum absolute atomic E-state index is 12.5. The van der Waals surface area contributed by atoms with Crippen molar-refractivity contribution in [3.8, 4) is 0 Å². The van der Waals surface area contributed by atoms with Gasteiger partial charge in [-0.3, -0.25) is 0 Å². The van der Waals surface area contributed by atoms with Gasteiger partial charge in [0.15, 0.2) is 0 Å². The van der Waals surface area contributed by atoms with Crippen LogP contribution in [0.3, 0.4) is 0 Å². The fourth-order valence-corrected chi connectivity index (χ4v) is 5.32. The van der Waals surface area contributed by atoms with Crippen LogP contribution in [0.5, 0.6) is 0 Å². The summed E-state index contributed by atoms with van der Waals surface area (Å²) in [4.78, 5) is 0.759. The van der Waals surface area contributed by atoms with Gasteiger partial charge in [-0.15, -0.1) is 11.3 Å². The first kappa shape index (κ1) is 15.7. The van der Waals surface area contributed by atoms with Crippen LogP contribution in [0.25, 0.3) is 0 Å². The molecule has 0 unspecified atom stereocenters. The number of aliphatic hydroxyl groups is 1. The van der Waals surface area contributed by atoms with E-state index >= 15 is 0 Å². The molecule has 0 saturated carbocycles. The van der Waals surface area contributed by atoms with E-state index in [2.05, 4.69) is 15.9 Å². The van der Waals surface area contributed by atoms with Crippen LogP contribution in [0.1, 0.15) is 16.4 Å². The van der Waals surface area contributed by atoms with E-state index < -0.39 is 10.0 Å². The smallest absolute Gasteiger partial charge is 0.245 e. The number of thiophene rings is 1. The molecule has 2 heterocycles. The Morgan fingerprint density at radius 3 is 2.65 bits per heavy atom. The standard InChI is InChI=1S/C12H14BrNO4S2/c1-8-3-4-9(18-8)6-14(2)20(16,17)11-5-10(7-15)19-12(11)13/h3-5,15H,6-7H2,1-2H3. The number of hydrogen-bond acceptors (Lipinski definition) is 5. The van der Waals surface area contributed by atoms with Crippen LogP contribution in [0.2, 0.25) is 0 Å². The molecule has 2 rings (SSSR count). The Bertz CT molecular complexity index is 705. The zero-order valence-electron chi connectivity index (χ0n) is 11.0. The molecule has 20 heavy (non-hydrogen) atoms. The summed E-state index contributed by atoms with van der Waals surface area (Å²) >= 11 is 4.44. The molecule has 0 aliphatic rings. The molecule has 0 aliphatic carbocycles. The highest BCUT2D eigenvalue weighted by atomic mass is 79.9. The van der Waals surface area contributed by atoms with Gasteiger partial charge in [0.2, 0.25) is 10.0 Å². The van der Waals surface area contributed by atoms with Crippen LogP contribution in [0.4, 0.5) is 0 Å². The van der Waals surface area contributed by atoms with Crippen molar-refractivity contribution < 1.29 is 17.9 Å². The minimum absolute atomic E-state index is 0.160. The highest BCUT2D eigenvalue weighted by molar-refractivity contribution is 9.11. The molecular formula is C12H14BrNO4S2. The van der Waals surface area contributed by atoms with E-state index in [1.54, 1.807) is 19.1 Å². The second kappa shape index (κ2) is 5.98. The van der Waals surface area contributed by atoms with Crippen molar-refractivity contribution in [2.24, 2.45) is 0 Å². The van der Waals surface area contributed by atoms with E-state index in [9.17, 15) is 8.42 Å². The number of aliphatic hydroxyl groups excluding tert-OH is 1. The monoisotopic (exact) mass is 379 g/mol. The number of hydrogen-bond donors (Lipinski definition) is 1. The largest absolute Gasteiger partial charge is 0.465 e. The molecule has 0 bridgehead atoms. The van der Waals surface area contributed by atoms with Gasteiger partial charge in [0.25, 0.3) is 0 Å². The molecule has 0 aliphatic heterocycles. The van der Waals surface area contributed by atoms with Crippen LogP contribution in [0, 0.1) is 6.92 Å². The first-order chi connectivity index (χ1) is 9.34. The molecule has 1 N–H and O–H groups in total. The molecule has 0 spiro atoms. The molecule has 0 atom stereocenters. The van der Waals surface area contributed by atoms with Crippen LogP contribution < -0.4 is 0 Å². The molecule has 0 aromatic carbocycles. The fraction of sp³-hybridized carbons (Fsp3) is 0.333. The first-order valence-corrected chi connectivity index (χ1v) is 8.80. The maximum Gasteiger partial charge on any atom is 0.245 e. The molecule has 2 aromatic rings. The third kappa shape index (κ3) is 3.15. The summed E-state index contributed by atoms with van der Waals surface area (Å²) < 4.78 is 32.0. The predicted molar refractivity (Wildman–Crippen MR) is 80.0 cm³/mol. The summed E-state index contributed by atoms with van der Waals surface area (Å²) in [6, 6.07) is 5.03. The summed E-state index contributed by atoms with van der Waals surface area (Å²) in [6.07, 6.45) is 0. The van der Waals surface area contributed by atoms with Crippen molar-refractivity contribution in [2.75, 3.05) is 7.05 Å². The van der Waals surface area contributed by atoms with E-state index in [-0.39, 0.29) is 18.0 Å². The lowest BCUT2D eigenvalue weighted by molar-refractivity contribution is 0.285. The van der Waals surface area contributed by atoms with Gasteiger partial charge in [0.1, 0.15) is 16.4 Å². The number of aryl methyl sites for hydroxylation is 1. The van der Waals surface area contributed by atoms with Gasteiger partial charge >= 0.3 is 0 Å². The fourth-order valence-electron chi connectivity index (χ4n) is 1.69. The summed E-state index contributed by atoms with van der Waals surface area (Å²) in [5, 5.41) is 9.08. The third-order valence-electron chi connectivity index (χ3n) is 2.73. The summed E-state index contributed by atoms with van der Waals surface area (Å²) in [5.41, 5.74) is 0. The SMILES string of the molecule is Cc1ccc(CN(C)S(=O)(=O)c2cc(CO)sc2Br)o1. The van der Waals surface area contributed by atoms with Crippen LogP contribution in [-0.2, 0) is 23.2 Å². The number of nitrogens with zero attached hydrogens (tertiary/aromatic N) is 1.